The minimum absolute atomic E-state index is 0.678. The quantitative estimate of drug-likeness (QED) is 0.603. The van der Waals surface area contributed by atoms with Crippen LogP contribution in [0.1, 0.15) is 0 Å². The zero-order valence-electron chi connectivity index (χ0n) is 10.2. The topological polar surface area (TPSA) is 83.8 Å². The largest absolute Gasteiger partial charge is 0.313 e. The molecule has 0 saturated carbocycles. The molecule has 0 fully saturated rings. The van der Waals surface area contributed by atoms with E-state index in [2.05, 4.69) is 30.5 Å². The Morgan fingerprint density at radius 3 is 2.95 bits per heavy atom. The average Bonchev–Trinajstić information content (AvgIpc) is 3.20. The zero-order chi connectivity index (χ0) is 13.4. The first-order valence-electron chi connectivity index (χ1n) is 5.89. The molecule has 0 bridgehead atoms. The molecule has 0 amide bonds. The highest BCUT2D eigenvalue weighted by Crippen LogP contribution is 2.24. The van der Waals surface area contributed by atoms with Crippen LogP contribution in [0.15, 0.2) is 42.6 Å². The standard InChI is InChI=1S/C12H9N7S/c1-3-19-9(8-5-16-17-6-8)7-15-11(19)10(13-1)18-12-14-2-4-20-12/h1-7H,(H,16,17)(H,13,14,18). The van der Waals surface area contributed by atoms with E-state index in [9.17, 15) is 0 Å². The van der Waals surface area contributed by atoms with Crippen LogP contribution < -0.4 is 5.32 Å². The maximum Gasteiger partial charge on any atom is 0.188 e. The van der Waals surface area contributed by atoms with Crippen molar-refractivity contribution in [2.75, 3.05) is 5.32 Å². The van der Waals surface area contributed by atoms with Gasteiger partial charge in [0.25, 0.3) is 0 Å². The van der Waals surface area contributed by atoms with E-state index >= 15 is 0 Å². The molecule has 8 heteroatoms. The van der Waals surface area contributed by atoms with Crippen molar-refractivity contribution < 1.29 is 0 Å². The molecule has 0 radical (unpaired) electrons. The lowest BCUT2D eigenvalue weighted by Gasteiger charge is -2.04. The summed E-state index contributed by atoms with van der Waals surface area (Å²) >= 11 is 1.52. The number of hydrogen-bond acceptors (Lipinski definition) is 6. The Kier molecular flexibility index (Phi) is 2.46. The SMILES string of the molecule is c1csc(Nc2nccn3c(-c4cn[nH]c4)cnc23)n1. The number of aromatic amines is 1. The van der Waals surface area contributed by atoms with E-state index in [1.54, 1.807) is 24.8 Å². The van der Waals surface area contributed by atoms with Gasteiger partial charge in [0.1, 0.15) is 0 Å². The van der Waals surface area contributed by atoms with Crippen molar-refractivity contribution in [1.29, 1.82) is 0 Å². The molecule has 0 aliphatic rings. The smallest absolute Gasteiger partial charge is 0.188 e. The normalized spacial score (nSPS) is 11.0. The average molecular weight is 283 g/mol. The fourth-order valence-electron chi connectivity index (χ4n) is 2.00. The number of fused-ring (bicyclic) bond motifs is 1. The van der Waals surface area contributed by atoms with Gasteiger partial charge in [0.05, 0.1) is 18.1 Å². The second kappa shape index (κ2) is 4.42. The van der Waals surface area contributed by atoms with Gasteiger partial charge >= 0.3 is 0 Å². The molecule has 4 aromatic heterocycles. The Morgan fingerprint density at radius 2 is 2.15 bits per heavy atom. The molecule has 0 unspecified atom stereocenters. The Hall–Kier alpha value is -2.74. The summed E-state index contributed by atoms with van der Waals surface area (Å²) in [5.74, 6) is 0.678. The van der Waals surface area contributed by atoms with Crippen LogP contribution >= 0.6 is 11.3 Å². The summed E-state index contributed by atoms with van der Waals surface area (Å²) in [5.41, 5.74) is 2.68. The van der Waals surface area contributed by atoms with Crippen LogP contribution in [0.3, 0.4) is 0 Å². The molecule has 0 aliphatic heterocycles. The molecule has 4 heterocycles. The third kappa shape index (κ3) is 1.74. The molecule has 0 aliphatic carbocycles. The third-order valence-corrected chi connectivity index (χ3v) is 3.57. The minimum Gasteiger partial charge on any atom is -0.313 e. The Labute approximate surface area is 117 Å². The van der Waals surface area contributed by atoms with Gasteiger partial charge < -0.3 is 5.32 Å². The first-order chi connectivity index (χ1) is 9.92. The van der Waals surface area contributed by atoms with Gasteiger partial charge in [0, 0.05) is 35.7 Å². The first-order valence-corrected chi connectivity index (χ1v) is 6.77. The van der Waals surface area contributed by atoms with Crippen molar-refractivity contribution in [2.24, 2.45) is 0 Å². The first kappa shape index (κ1) is 11.1. The summed E-state index contributed by atoms with van der Waals surface area (Å²) in [5, 5.41) is 12.6. The van der Waals surface area contributed by atoms with E-state index in [0.29, 0.717) is 5.82 Å². The Balaban J connectivity index is 1.84. The van der Waals surface area contributed by atoms with Crippen LogP contribution in [-0.2, 0) is 0 Å². The second-order valence-electron chi connectivity index (χ2n) is 4.06. The van der Waals surface area contributed by atoms with E-state index in [4.69, 9.17) is 0 Å². The van der Waals surface area contributed by atoms with Crippen LogP contribution in [-0.4, -0.2) is 29.5 Å². The minimum atomic E-state index is 0.678. The van der Waals surface area contributed by atoms with Crippen molar-refractivity contribution in [2.45, 2.75) is 0 Å². The number of anilines is 2. The van der Waals surface area contributed by atoms with E-state index in [0.717, 1.165) is 22.0 Å². The molecule has 2 N–H and O–H groups in total. The molecule has 7 nitrogen and oxygen atoms in total. The molecule has 0 spiro atoms. The second-order valence-corrected chi connectivity index (χ2v) is 4.96. The molecule has 0 aromatic carbocycles. The number of thiazole rings is 1. The van der Waals surface area contributed by atoms with Gasteiger partial charge in [-0.25, -0.2) is 15.0 Å². The van der Waals surface area contributed by atoms with Crippen LogP contribution in [0.25, 0.3) is 16.9 Å². The van der Waals surface area contributed by atoms with Gasteiger partial charge in [-0.2, -0.15) is 5.10 Å². The fourth-order valence-corrected chi connectivity index (χ4v) is 2.53. The van der Waals surface area contributed by atoms with Crippen molar-refractivity contribution in [3.63, 3.8) is 0 Å². The highest BCUT2D eigenvalue weighted by Gasteiger charge is 2.11. The predicted octanol–water partition coefficient (Wildman–Crippen LogP) is 2.32. The monoisotopic (exact) mass is 283 g/mol. The van der Waals surface area contributed by atoms with Crippen molar-refractivity contribution in [3.05, 3.63) is 42.6 Å². The van der Waals surface area contributed by atoms with E-state index in [-0.39, 0.29) is 0 Å². The number of nitrogens with zero attached hydrogens (tertiary/aromatic N) is 5. The number of H-pyrrole nitrogens is 1. The van der Waals surface area contributed by atoms with Crippen LogP contribution in [0.5, 0.6) is 0 Å². The molecule has 20 heavy (non-hydrogen) atoms. The molecular formula is C12H9N7S. The van der Waals surface area contributed by atoms with Crippen LogP contribution in [0, 0.1) is 0 Å². The lowest BCUT2D eigenvalue weighted by atomic mass is 10.3. The molecular weight excluding hydrogens is 274 g/mol. The molecule has 0 saturated heterocycles. The van der Waals surface area contributed by atoms with Gasteiger partial charge in [-0.3, -0.25) is 9.50 Å². The van der Waals surface area contributed by atoms with Gasteiger partial charge in [0.2, 0.25) is 0 Å². The molecule has 4 aromatic rings. The predicted molar refractivity (Wildman–Crippen MR) is 76.0 cm³/mol. The highest BCUT2D eigenvalue weighted by molar-refractivity contribution is 7.13. The van der Waals surface area contributed by atoms with Crippen molar-refractivity contribution in [3.8, 4) is 11.3 Å². The van der Waals surface area contributed by atoms with Crippen molar-refractivity contribution >= 4 is 27.9 Å². The van der Waals surface area contributed by atoms with E-state index in [1.165, 1.54) is 11.3 Å². The van der Waals surface area contributed by atoms with E-state index in [1.807, 2.05) is 22.2 Å². The summed E-state index contributed by atoms with van der Waals surface area (Å²) in [6, 6.07) is 0. The lowest BCUT2D eigenvalue weighted by Crippen LogP contribution is -1.97. The van der Waals surface area contributed by atoms with E-state index < -0.39 is 0 Å². The van der Waals surface area contributed by atoms with Crippen molar-refractivity contribution in [1.82, 2.24) is 29.5 Å². The Morgan fingerprint density at radius 1 is 1.15 bits per heavy atom. The summed E-state index contributed by atoms with van der Waals surface area (Å²) < 4.78 is 1.97. The number of rotatable bonds is 3. The number of imidazole rings is 1. The lowest BCUT2D eigenvalue weighted by molar-refractivity contribution is 1.09. The maximum atomic E-state index is 4.43. The van der Waals surface area contributed by atoms with Gasteiger partial charge in [0.15, 0.2) is 16.6 Å². The number of aromatic nitrogens is 6. The summed E-state index contributed by atoms with van der Waals surface area (Å²) in [6.07, 6.45) is 10.7. The van der Waals surface area contributed by atoms with Gasteiger partial charge in [-0.05, 0) is 0 Å². The molecule has 0 atom stereocenters. The summed E-state index contributed by atoms with van der Waals surface area (Å²) in [7, 11) is 0. The van der Waals surface area contributed by atoms with Crippen LogP contribution in [0.2, 0.25) is 0 Å². The molecule has 4 rings (SSSR count). The Bertz CT molecular complexity index is 832. The fraction of sp³-hybridized carbons (Fsp3) is 0. The van der Waals surface area contributed by atoms with Gasteiger partial charge in [-0.15, -0.1) is 11.3 Å². The van der Waals surface area contributed by atoms with Crippen LogP contribution in [0.4, 0.5) is 10.9 Å². The third-order valence-electron chi connectivity index (χ3n) is 2.88. The summed E-state index contributed by atoms with van der Waals surface area (Å²) in [4.78, 5) is 12.9. The molecule has 98 valence electrons. The zero-order valence-corrected chi connectivity index (χ0v) is 11.0. The number of nitrogens with one attached hydrogen (secondary N) is 2. The van der Waals surface area contributed by atoms with Gasteiger partial charge in [-0.1, -0.05) is 0 Å². The summed E-state index contributed by atoms with van der Waals surface area (Å²) in [6.45, 7) is 0. The number of hydrogen-bond donors (Lipinski definition) is 2. The highest BCUT2D eigenvalue weighted by atomic mass is 32.1. The maximum absolute atomic E-state index is 4.43.